The van der Waals surface area contributed by atoms with Crippen molar-refractivity contribution in [1.82, 2.24) is 52.8 Å². The minimum absolute atomic E-state index is 0.0270. The fourth-order valence-corrected chi connectivity index (χ4v) is 8.79. The van der Waals surface area contributed by atoms with Crippen LogP contribution in [0.3, 0.4) is 0 Å². The highest BCUT2D eigenvalue weighted by molar-refractivity contribution is 6.08. The SMILES string of the molecule is C/C=C1/NC(=O)[C@@H]([C@H](O)C(C)C)NC(=O)[C@@H](CO)NC(=O)[C@H]([C@@H](C)O)NC(=O)[C@H](NC(=O)[C@@H](N)[C@@H](C)CC)[C@H](C(C)C)OC(=O)[C@H](Cc2ccccc2)NC(=O)[C@@H](CCCN)NC(=O)/C(=C(\O)c2c[nH]c3ccccc23)NC(=O)[C@@H](CO)NC1=O. The van der Waals surface area contributed by atoms with Crippen molar-refractivity contribution in [2.24, 2.45) is 29.2 Å². The Hall–Kier alpha value is -8.28. The van der Waals surface area contributed by atoms with E-state index >= 15 is 0 Å². The van der Waals surface area contributed by atoms with Gasteiger partial charge >= 0.3 is 5.97 Å². The highest BCUT2D eigenvalue weighted by Gasteiger charge is 2.42. The molecule has 0 aliphatic carbocycles. The second kappa shape index (κ2) is 32.7. The Labute approximate surface area is 491 Å². The van der Waals surface area contributed by atoms with Gasteiger partial charge in [-0.1, -0.05) is 103 Å². The summed E-state index contributed by atoms with van der Waals surface area (Å²) >= 11 is 0. The molecule has 0 radical (unpaired) electrons. The standard InChI is InChI=1S/C57H82N12O16/c1-9-29(7)40(59)52(79)69-44-47(28(5)6)85-57(84)37(23-31-17-12-11-13-18-31)63-49(76)36(21-16-22-58)62-55(82)43(46(74)33-24-60-35-20-15-14-19-32(33)35)68-50(77)38(25-70)64-48(75)34(10-2)61-54(81)42(45(73)27(3)4)67-51(78)39(26-71)65-53(80)41(30(8)72)66-56(44)83/h10-15,17-20,24,27-30,36-42,44-45,47,60,70-74H,9,16,21-23,25-26,58-59H2,1-8H3,(H,61,81)(H,62,82)(H,63,76)(H,64,75)(H,65,80)(H,66,83)(H,67,78)(H,68,77)(H,69,79)/b34-10+,46-43+/t29-,30+,36+,37-,38+,39+,40-,41-,42+,44+,45+,47-/m0/s1. The van der Waals surface area contributed by atoms with Gasteiger partial charge in [-0.3, -0.25) is 43.2 Å². The fraction of sp³-hybridized carbons (Fsp3) is 0.509. The first-order valence-corrected chi connectivity index (χ1v) is 27.9. The van der Waals surface area contributed by atoms with Crippen molar-refractivity contribution in [1.29, 1.82) is 0 Å². The summed E-state index contributed by atoms with van der Waals surface area (Å²) in [6.45, 7) is 9.39. The highest BCUT2D eigenvalue weighted by atomic mass is 16.5. The third-order valence-corrected chi connectivity index (χ3v) is 14.2. The normalized spacial score (nSPS) is 25.1. The third-order valence-electron chi connectivity index (χ3n) is 14.2. The molecule has 0 unspecified atom stereocenters. The van der Waals surface area contributed by atoms with E-state index in [1.54, 1.807) is 68.4 Å². The molecule has 1 aliphatic rings. The zero-order chi connectivity index (χ0) is 63.4. The van der Waals surface area contributed by atoms with Crippen molar-refractivity contribution < 1.29 is 78.2 Å². The molecular weight excluding hydrogens is 1110 g/mol. The number of rotatable bonds is 16. The maximum absolute atomic E-state index is 14.8. The topological polar surface area (TPSA) is 457 Å². The van der Waals surface area contributed by atoms with Gasteiger partial charge in [0, 0.05) is 29.1 Å². The summed E-state index contributed by atoms with van der Waals surface area (Å²) < 4.78 is 6.09. The number of fused-ring (bicyclic) bond motifs is 1. The third kappa shape index (κ3) is 18.9. The van der Waals surface area contributed by atoms with E-state index in [0.29, 0.717) is 22.9 Å². The van der Waals surface area contributed by atoms with E-state index < -0.39 is 174 Å². The van der Waals surface area contributed by atoms with E-state index in [4.69, 9.17) is 16.2 Å². The molecule has 1 aromatic heterocycles. The molecule has 1 aliphatic heterocycles. The van der Waals surface area contributed by atoms with E-state index in [2.05, 4.69) is 52.8 Å². The van der Waals surface area contributed by atoms with Crippen LogP contribution in [-0.2, 0) is 59.1 Å². The number of hydrogen-bond acceptors (Lipinski definition) is 18. The van der Waals surface area contributed by atoms with Crippen LogP contribution in [0, 0.1) is 17.8 Å². The number of aromatic amines is 1. The summed E-state index contributed by atoms with van der Waals surface area (Å²) in [6.07, 6.45) is -2.87. The van der Waals surface area contributed by atoms with Crippen LogP contribution in [0.4, 0.5) is 0 Å². The number of benzene rings is 2. The Morgan fingerprint density at radius 1 is 0.706 bits per heavy atom. The van der Waals surface area contributed by atoms with Crippen LogP contribution in [0.5, 0.6) is 0 Å². The molecule has 1 saturated heterocycles. The lowest BCUT2D eigenvalue weighted by molar-refractivity contribution is -0.160. The second-order valence-electron chi connectivity index (χ2n) is 21.3. The van der Waals surface area contributed by atoms with E-state index in [1.165, 1.54) is 40.8 Å². The molecule has 0 bridgehead atoms. The number of H-pyrrole nitrogens is 1. The first-order chi connectivity index (χ1) is 40.2. The molecule has 3 aromatic rings. The second-order valence-corrected chi connectivity index (χ2v) is 21.3. The van der Waals surface area contributed by atoms with E-state index in [-0.39, 0.29) is 31.4 Å². The number of cyclic esters (lactones) is 1. The van der Waals surface area contributed by atoms with E-state index in [0.717, 1.165) is 13.0 Å². The predicted molar refractivity (Wildman–Crippen MR) is 309 cm³/mol. The molecular formula is C57H82N12O16. The van der Waals surface area contributed by atoms with Crippen LogP contribution in [0.1, 0.15) is 85.8 Å². The summed E-state index contributed by atoms with van der Waals surface area (Å²) in [5.41, 5.74) is 11.6. The summed E-state index contributed by atoms with van der Waals surface area (Å²) in [5, 5.41) is 76.7. The molecule has 1 fully saturated rings. The van der Waals surface area contributed by atoms with Crippen molar-refractivity contribution in [3.63, 3.8) is 0 Å². The maximum Gasteiger partial charge on any atom is 0.329 e. The molecule has 4 rings (SSSR count). The number of carbonyl (C=O) groups excluding carboxylic acids is 10. The minimum Gasteiger partial charge on any atom is -0.505 e. The van der Waals surface area contributed by atoms with Gasteiger partial charge in [-0.15, -0.1) is 0 Å². The number of nitrogens with one attached hydrogen (secondary N) is 10. The maximum atomic E-state index is 14.8. The number of hydrogen-bond donors (Lipinski definition) is 17. The van der Waals surface area contributed by atoms with Gasteiger partial charge in [-0.2, -0.15) is 0 Å². The average molecular weight is 1190 g/mol. The molecule has 2 heterocycles. The lowest BCUT2D eigenvalue weighted by Gasteiger charge is -2.34. The number of ether oxygens (including phenoxy) is 1. The molecule has 9 amide bonds. The Kier molecular flexibility index (Phi) is 26.6. The van der Waals surface area contributed by atoms with Crippen LogP contribution in [0.25, 0.3) is 16.7 Å². The molecule has 0 spiro atoms. The van der Waals surface area contributed by atoms with Gasteiger partial charge in [-0.25, -0.2) is 4.79 Å². The lowest BCUT2D eigenvalue weighted by atomic mass is 9.95. The van der Waals surface area contributed by atoms with Crippen LogP contribution in [0.15, 0.2) is 78.3 Å². The van der Waals surface area contributed by atoms with Crippen molar-refractivity contribution in [3.8, 4) is 0 Å². The number of nitrogens with two attached hydrogens (primary N) is 2. The number of aromatic nitrogens is 1. The van der Waals surface area contributed by atoms with Crippen molar-refractivity contribution in [2.45, 2.75) is 148 Å². The Bertz CT molecular complexity index is 2910. The summed E-state index contributed by atoms with van der Waals surface area (Å²) in [5.74, 6) is -15.1. The van der Waals surface area contributed by atoms with E-state index in [9.17, 15) is 73.5 Å². The van der Waals surface area contributed by atoms with Gasteiger partial charge in [0.15, 0.2) is 5.76 Å². The molecule has 2 aromatic carbocycles. The minimum atomic E-state index is -2.00. The Morgan fingerprint density at radius 3 is 1.88 bits per heavy atom. The molecule has 19 N–H and O–H groups in total. The predicted octanol–water partition coefficient (Wildman–Crippen LogP) is -2.76. The molecule has 12 atom stereocenters. The molecule has 0 saturated carbocycles. The average Bonchev–Trinajstić information content (AvgIpc) is 3.29. The van der Waals surface area contributed by atoms with E-state index in [1.807, 2.05) is 0 Å². The van der Waals surface area contributed by atoms with Crippen LogP contribution < -0.4 is 59.3 Å². The van der Waals surface area contributed by atoms with Gasteiger partial charge in [0.1, 0.15) is 59.8 Å². The fourth-order valence-electron chi connectivity index (χ4n) is 8.79. The smallest absolute Gasteiger partial charge is 0.329 e. The van der Waals surface area contributed by atoms with Crippen LogP contribution in [0.2, 0.25) is 0 Å². The highest BCUT2D eigenvalue weighted by Crippen LogP contribution is 2.26. The van der Waals surface area contributed by atoms with Crippen molar-refractivity contribution in [3.05, 3.63) is 89.4 Å². The van der Waals surface area contributed by atoms with Gasteiger partial charge in [0.2, 0.25) is 41.4 Å². The van der Waals surface area contributed by atoms with Gasteiger partial charge < -0.3 is 94.6 Å². The molecule has 466 valence electrons. The molecule has 28 heteroatoms. The zero-order valence-corrected chi connectivity index (χ0v) is 48.8. The Balaban J connectivity index is 1.98. The molecule has 85 heavy (non-hydrogen) atoms. The quantitative estimate of drug-likeness (QED) is 0.0393. The number of aliphatic hydroxyl groups is 5. The number of aliphatic hydroxyl groups excluding tert-OH is 5. The van der Waals surface area contributed by atoms with Gasteiger partial charge in [-0.05, 0) is 62.6 Å². The van der Waals surface area contributed by atoms with Gasteiger partial charge in [0.05, 0.1) is 31.5 Å². The number of carbonyl (C=O) groups is 10. The number of esters is 1. The summed E-state index contributed by atoms with van der Waals surface area (Å²) in [6, 6.07) is 0.426. The largest absolute Gasteiger partial charge is 0.505 e. The summed E-state index contributed by atoms with van der Waals surface area (Å²) in [7, 11) is 0. The first-order valence-electron chi connectivity index (χ1n) is 27.9. The van der Waals surface area contributed by atoms with Crippen LogP contribution >= 0.6 is 0 Å². The number of para-hydroxylation sites is 1. The number of allylic oxidation sites excluding steroid dienone is 1. The summed E-state index contributed by atoms with van der Waals surface area (Å²) in [4.78, 5) is 146. The number of amides is 9. The van der Waals surface area contributed by atoms with Crippen LogP contribution in [-0.4, -0.2) is 176 Å². The van der Waals surface area contributed by atoms with Crippen molar-refractivity contribution in [2.75, 3.05) is 19.8 Å². The first kappa shape index (κ1) is 69.2. The monoisotopic (exact) mass is 1190 g/mol. The zero-order valence-electron chi connectivity index (χ0n) is 48.8. The lowest BCUT2D eigenvalue weighted by Crippen LogP contribution is -2.65. The van der Waals surface area contributed by atoms with Gasteiger partial charge in [0.25, 0.3) is 11.8 Å². The Morgan fingerprint density at radius 2 is 1.29 bits per heavy atom. The molecule has 28 nitrogen and oxygen atoms in total. The van der Waals surface area contributed by atoms with Crippen molar-refractivity contribution >= 4 is 75.8 Å².